The number of piperidine rings is 1. The fraction of sp³-hybridized carbons (Fsp3) is 0.395. The predicted molar refractivity (Wildman–Crippen MR) is 211 cm³/mol. The smallest absolute Gasteiger partial charge is 0.259 e. The number of methoxy groups -OCH3 is 3. The average Bonchev–Trinajstić information content (AvgIpc) is 3.19. The van der Waals surface area contributed by atoms with Crippen molar-refractivity contribution in [2.24, 2.45) is 0 Å². The van der Waals surface area contributed by atoms with E-state index in [-0.39, 0.29) is 45.9 Å². The van der Waals surface area contributed by atoms with E-state index < -0.39 is 15.9 Å². The number of anilines is 6. The van der Waals surface area contributed by atoms with E-state index in [0.29, 0.717) is 17.5 Å². The van der Waals surface area contributed by atoms with Crippen molar-refractivity contribution in [1.29, 1.82) is 0 Å². The minimum atomic E-state index is -3.86. The van der Waals surface area contributed by atoms with Crippen LogP contribution in [0.25, 0.3) is 0 Å². The van der Waals surface area contributed by atoms with E-state index >= 15 is 0 Å². The second-order valence-corrected chi connectivity index (χ2v) is 14.9. The summed E-state index contributed by atoms with van der Waals surface area (Å²) in [6.07, 6.45) is 3.64. The first-order valence-corrected chi connectivity index (χ1v) is 19.5. The Labute approximate surface area is 317 Å². The number of likely N-dealkylation sites (N-methyl/N-ethyl adjacent to an activating group) is 1. The summed E-state index contributed by atoms with van der Waals surface area (Å²) in [6.45, 7) is 8.27. The average molecular weight is 760 g/mol. The summed E-state index contributed by atoms with van der Waals surface area (Å²) in [7, 11) is 2.92. The molecular weight excluding hydrogens is 711 g/mol. The number of para-hydroxylation sites is 2. The van der Waals surface area contributed by atoms with Crippen LogP contribution in [-0.4, -0.2) is 114 Å². The van der Waals surface area contributed by atoms with Gasteiger partial charge in [-0.15, -0.1) is 0 Å². The molecule has 288 valence electrons. The standard InChI is InChI=1S/C38H49N9O6S/c1-6-40-54(49,50)34-13-8-7-11-29(34)42-36-30(43-37(48)28-10-9-12-32(51-3)35(28)53-5)25-39-38(44-36)41-26-14-15-31(33(24-26)52-4)47-18-16-27(17-19-47)46-22-20-45(2)21-23-46/h7-15,24-25,27,40H,6,16-23H2,1-5H3,(H,43,48)(H2,39,41,42,44). The maximum atomic E-state index is 13.6. The van der Waals surface area contributed by atoms with Crippen LogP contribution in [0.1, 0.15) is 30.1 Å². The topological polar surface area (TPSA) is 163 Å². The first kappa shape index (κ1) is 38.6. The van der Waals surface area contributed by atoms with E-state index in [4.69, 9.17) is 19.2 Å². The molecule has 0 spiro atoms. The molecule has 0 aliphatic carbocycles. The number of amides is 1. The number of nitrogens with one attached hydrogen (secondary N) is 4. The summed E-state index contributed by atoms with van der Waals surface area (Å²) in [5.74, 6) is 1.19. The number of carbonyl (C=O) groups excluding carboxylic acids is 1. The molecule has 3 aromatic carbocycles. The van der Waals surface area contributed by atoms with E-state index in [1.165, 1.54) is 26.5 Å². The van der Waals surface area contributed by atoms with Gasteiger partial charge in [-0.25, -0.2) is 18.1 Å². The molecule has 3 heterocycles. The molecule has 2 fully saturated rings. The van der Waals surface area contributed by atoms with Crippen LogP contribution in [0.15, 0.2) is 71.8 Å². The van der Waals surface area contributed by atoms with Gasteiger partial charge in [-0.1, -0.05) is 25.1 Å². The predicted octanol–water partition coefficient (Wildman–Crippen LogP) is 4.76. The summed E-state index contributed by atoms with van der Waals surface area (Å²) in [4.78, 5) is 30.2. The third-order valence-electron chi connectivity index (χ3n) is 9.74. The maximum Gasteiger partial charge on any atom is 0.259 e. The highest BCUT2D eigenvalue weighted by Gasteiger charge is 2.28. The highest BCUT2D eigenvalue weighted by atomic mass is 32.2. The van der Waals surface area contributed by atoms with Crippen LogP contribution < -0.4 is 39.8 Å². The minimum Gasteiger partial charge on any atom is -0.495 e. The van der Waals surface area contributed by atoms with Crippen LogP contribution in [0.2, 0.25) is 0 Å². The second kappa shape index (κ2) is 17.3. The molecule has 15 nitrogen and oxygen atoms in total. The van der Waals surface area contributed by atoms with Crippen molar-refractivity contribution in [3.63, 3.8) is 0 Å². The SMILES string of the molecule is CCNS(=O)(=O)c1ccccc1Nc1nc(Nc2ccc(N3CCC(N4CCN(C)CC4)CC3)c(OC)c2)ncc1NC(=O)c1cccc(OC)c1OC. The highest BCUT2D eigenvalue weighted by molar-refractivity contribution is 7.89. The Morgan fingerprint density at radius 3 is 2.30 bits per heavy atom. The third kappa shape index (κ3) is 8.79. The lowest BCUT2D eigenvalue weighted by Crippen LogP contribution is -2.52. The van der Waals surface area contributed by atoms with Crippen LogP contribution in [0.5, 0.6) is 17.2 Å². The summed E-state index contributed by atoms with van der Waals surface area (Å²) in [5.41, 5.74) is 2.37. The van der Waals surface area contributed by atoms with Gasteiger partial charge in [-0.05, 0) is 56.3 Å². The Bertz CT molecular complexity index is 2030. The van der Waals surface area contributed by atoms with Crippen molar-refractivity contribution < 1.29 is 27.4 Å². The zero-order valence-corrected chi connectivity index (χ0v) is 32.2. The van der Waals surface area contributed by atoms with Crippen molar-refractivity contribution in [3.05, 3.63) is 72.4 Å². The van der Waals surface area contributed by atoms with Gasteiger partial charge in [0.05, 0.1) is 44.5 Å². The molecule has 4 N–H and O–H groups in total. The van der Waals surface area contributed by atoms with Crippen molar-refractivity contribution in [1.82, 2.24) is 24.5 Å². The van der Waals surface area contributed by atoms with E-state index in [1.54, 1.807) is 50.4 Å². The first-order valence-electron chi connectivity index (χ1n) is 18.0. The normalized spacial score (nSPS) is 15.8. The monoisotopic (exact) mass is 759 g/mol. The number of rotatable bonds is 14. The summed E-state index contributed by atoms with van der Waals surface area (Å²) < 4.78 is 45.5. The minimum absolute atomic E-state index is 0.0135. The molecule has 0 radical (unpaired) electrons. The van der Waals surface area contributed by atoms with Crippen LogP contribution in [0.4, 0.5) is 34.5 Å². The van der Waals surface area contributed by atoms with Crippen LogP contribution in [0.3, 0.4) is 0 Å². The van der Waals surface area contributed by atoms with Crippen LogP contribution in [-0.2, 0) is 10.0 Å². The van der Waals surface area contributed by atoms with Gasteiger partial charge < -0.3 is 40.0 Å². The zero-order valence-electron chi connectivity index (χ0n) is 31.4. The van der Waals surface area contributed by atoms with Gasteiger partial charge in [0.15, 0.2) is 17.3 Å². The Balaban J connectivity index is 1.26. The second-order valence-electron chi connectivity index (χ2n) is 13.1. The van der Waals surface area contributed by atoms with Crippen LogP contribution in [0, 0.1) is 0 Å². The molecule has 1 amide bonds. The molecule has 0 saturated carbocycles. The molecule has 0 atom stereocenters. The number of hydrogen-bond acceptors (Lipinski definition) is 13. The fourth-order valence-corrected chi connectivity index (χ4v) is 8.09. The Morgan fingerprint density at radius 2 is 1.59 bits per heavy atom. The van der Waals surface area contributed by atoms with Crippen molar-refractivity contribution >= 4 is 50.4 Å². The molecule has 2 aliphatic rings. The molecule has 2 aliphatic heterocycles. The van der Waals surface area contributed by atoms with Crippen molar-refractivity contribution in [3.8, 4) is 17.2 Å². The molecule has 16 heteroatoms. The summed E-state index contributed by atoms with van der Waals surface area (Å²) >= 11 is 0. The number of piperazine rings is 1. The van der Waals surface area contributed by atoms with Gasteiger partial charge in [-0.2, -0.15) is 4.98 Å². The lowest BCUT2D eigenvalue weighted by molar-refractivity contribution is 0.0981. The van der Waals surface area contributed by atoms with E-state index in [2.05, 4.69) is 47.4 Å². The number of sulfonamides is 1. The molecule has 0 unspecified atom stereocenters. The molecule has 6 rings (SSSR count). The first-order chi connectivity index (χ1) is 26.1. The summed E-state index contributed by atoms with van der Waals surface area (Å²) in [5, 5.41) is 9.22. The van der Waals surface area contributed by atoms with Crippen molar-refractivity contribution in [2.45, 2.75) is 30.7 Å². The Morgan fingerprint density at radius 1 is 0.852 bits per heavy atom. The lowest BCUT2D eigenvalue weighted by atomic mass is 10.0. The number of carbonyl (C=O) groups is 1. The number of aromatic nitrogens is 2. The Hall–Kier alpha value is -5.16. The molecule has 0 bridgehead atoms. The van der Waals surface area contributed by atoms with Gasteiger partial charge in [0.1, 0.15) is 16.3 Å². The molecule has 2 saturated heterocycles. The maximum absolute atomic E-state index is 13.6. The fourth-order valence-electron chi connectivity index (χ4n) is 6.89. The highest BCUT2D eigenvalue weighted by Crippen LogP contribution is 2.36. The number of ether oxygens (including phenoxy) is 3. The summed E-state index contributed by atoms with van der Waals surface area (Å²) in [6, 6.07) is 17.9. The van der Waals surface area contributed by atoms with E-state index in [9.17, 15) is 13.2 Å². The van der Waals surface area contributed by atoms with Gasteiger partial charge >= 0.3 is 0 Å². The molecule has 54 heavy (non-hydrogen) atoms. The van der Waals surface area contributed by atoms with Crippen molar-refractivity contribution in [2.75, 3.05) is 95.0 Å². The third-order valence-corrected chi connectivity index (χ3v) is 11.3. The molecule has 4 aromatic rings. The molecule has 1 aromatic heterocycles. The van der Waals surface area contributed by atoms with E-state index in [0.717, 1.165) is 63.5 Å². The van der Waals surface area contributed by atoms with Gasteiger partial charge in [-0.3, -0.25) is 9.69 Å². The number of nitrogens with zero attached hydrogens (tertiary/aromatic N) is 5. The largest absolute Gasteiger partial charge is 0.495 e. The number of hydrogen-bond donors (Lipinski definition) is 4. The quantitative estimate of drug-likeness (QED) is 0.139. The lowest BCUT2D eigenvalue weighted by Gasteiger charge is -2.42. The van der Waals surface area contributed by atoms with Gasteiger partial charge in [0.25, 0.3) is 5.91 Å². The molecular formula is C38H49N9O6S. The number of benzene rings is 3. The Kier molecular flexibility index (Phi) is 12.4. The van der Waals surface area contributed by atoms with E-state index in [1.807, 2.05) is 18.2 Å². The van der Waals surface area contributed by atoms with Gasteiger partial charge in [0.2, 0.25) is 16.0 Å². The van der Waals surface area contributed by atoms with Gasteiger partial charge in [0, 0.05) is 63.6 Å². The zero-order chi connectivity index (χ0) is 38.2. The van der Waals surface area contributed by atoms with Crippen LogP contribution >= 0.6 is 0 Å².